The fourth-order valence-electron chi connectivity index (χ4n) is 2.75. The highest BCUT2D eigenvalue weighted by molar-refractivity contribution is 5.27. The van der Waals surface area contributed by atoms with E-state index in [9.17, 15) is 0 Å². The van der Waals surface area contributed by atoms with Gasteiger partial charge in [0.2, 0.25) is 0 Å². The minimum absolute atomic E-state index is 0.0622. The van der Waals surface area contributed by atoms with E-state index in [2.05, 4.69) is 37.4 Å². The van der Waals surface area contributed by atoms with E-state index >= 15 is 0 Å². The fraction of sp³-hybridized carbons (Fsp3) is 0.786. The van der Waals surface area contributed by atoms with Crippen LogP contribution in [0.5, 0.6) is 0 Å². The Bertz CT molecular complexity index is 406. The topological polar surface area (TPSA) is 39.1 Å². The molecule has 0 aliphatic carbocycles. The van der Waals surface area contributed by atoms with Gasteiger partial charge in [-0.05, 0) is 13.5 Å². The van der Waals surface area contributed by atoms with Gasteiger partial charge < -0.3 is 10.1 Å². The number of aromatic nitrogens is 2. The number of hydrogen-bond donors (Lipinski definition) is 1. The molecule has 2 unspecified atom stereocenters. The molecule has 2 rings (SSSR count). The first-order chi connectivity index (χ1) is 8.43. The highest BCUT2D eigenvalue weighted by Crippen LogP contribution is 2.38. The van der Waals surface area contributed by atoms with Crippen molar-refractivity contribution in [3.8, 4) is 0 Å². The lowest BCUT2D eigenvalue weighted by Gasteiger charge is -2.23. The number of nitrogens with one attached hydrogen (secondary N) is 1. The van der Waals surface area contributed by atoms with E-state index in [1.54, 1.807) is 0 Å². The lowest BCUT2D eigenvalue weighted by molar-refractivity contribution is 0.0894. The van der Waals surface area contributed by atoms with E-state index in [4.69, 9.17) is 4.74 Å². The summed E-state index contributed by atoms with van der Waals surface area (Å²) in [5.74, 6) is 0.556. The second-order valence-corrected chi connectivity index (χ2v) is 6.25. The van der Waals surface area contributed by atoms with Gasteiger partial charge in [0.15, 0.2) is 0 Å². The minimum Gasteiger partial charge on any atom is -0.373 e. The third kappa shape index (κ3) is 2.59. The summed E-state index contributed by atoms with van der Waals surface area (Å²) in [4.78, 5) is 0. The molecule has 102 valence electrons. The van der Waals surface area contributed by atoms with Crippen LogP contribution in [0, 0.1) is 5.92 Å². The van der Waals surface area contributed by atoms with Crippen molar-refractivity contribution in [2.75, 3.05) is 20.2 Å². The molecular weight excluding hydrogens is 226 g/mol. The molecule has 0 bridgehead atoms. The Morgan fingerprint density at radius 2 is 2.22 bits per heavy atom. The van der Waals surface area contributed by atoms with Crippen molar-refractivity contribution in [1.82, 2.24) is 15.1 Å². The van der Waals surface area contributed by atoms with Crippen LogP contribution in [0.2, 0.25) is 0 Å². The third-order valence-corrected chi connectivity index (χ3v) is 3.55. The summed E-state index contributed by atoms with van der Waals surface area (Å²) in [6, 6.07) is 0. The standard InChI is InChI=1S/C14H25N3O/c1-14(2,3)13-11(9-17(5)16-13)12-10(8-15-4)6-7-18-12/h9-10,12,15H,6-8H2,1-5H3. The van der Waals surface area contributed by atoms with Crippen LogP contribution >= 0.6 is 0 Å². The highest BCUT2D eigenvalue weighted by Gasteiger charge is 2.34. The quantitative estimate of drug-likeness (QED) is 0.893. The predicted molar refractivity (Wildman–Crippen MR) is 72.6 cm³/mol. The minimum atomic E-state index is 0.0622. The number of nitrogens with zero attached hydrogens (tertiary/aromatic N) is 2. The number of rotatable bonds is 3. The first-order valence-electron chi connectivity index (χ1n) is 6.73. The van der Waals surface area contributed by atoms with Crippen LogP contribution in [0.4, 0.5) is 0 Å². The van der Waals surface area contributed by atoms with Crippen molar-refractivity contribution in [1.29, 1.82) is 0 Å². The largest absolute Gasteiger partial charge is 0.373 e. The van der Waals surface area contributed by atoms with Crippen molar-refractivity contribution >= 4 is 0 Å². The van der Waals surface area contributed by atoms with Crippen LogP contribution in [0.3, 0.4) is 0 Å². The van der Waals surface area contributed by atoms with E-state index in [0.717, 1.165) is 25.3 Å². The van der Waals surface area contributed by atoms with Gasteiger partial charge in [0.05, 0.1) is 11.8 Å². The maximum absolute atomic E-state index is 5.96. The second-order valence-electron chi connectivity index (χ2n) is 6.25. The molecule has 1 aliphatic rings. The zero-order valence-electron chi connectivity index (χ0n) is 12.2. The van der Waals surface area contributed by atoms with E-state index in [1.165, 1.54) is 5.56 Å². The average Bonchev–Trinajstić information content (AvgIpc) is 2.83. The number of aryl methyl sites for hydroxylation is 1. The molecule has 0 spiro atoms. The maximum atomic E-state index is 5.96. The molecule has 4 nitrogen and oxygen atoms in total. The molecule has 1 aromatic heterocycles. The molecule has 1 aliphatic heterocycles. The Labute approximate surface area is 110 Å². The fourth-order valence-corrected chi connectivity index (χ4v) is 2.75. The van der Waals surface area contributed by atoms with Gasteiger partial charge in [-0.25, -0.2) is 0 Å². The summed E-state index contributed by atoms with van der Waals surface area (Å²) < 4.78 is 7.87. The summed E-state index contributed by atoms with van der Waals surface area (Å²) in [7, 11) is 3.99. The lowest BCUT2D eigenvalue weighted by Crippen LogP contribution is -2.23. The van der Waals surface area contributed by atoms with Crippen molar-refractivity contribution in [3.63, 3.8) is 0 Å². The monoisotopic (exact) mass is 251 g/mol. The van der Waals surface area contributed by atoms with E-state index in [1.807, 2.05) is 18.8 Å². The summed E-state index contributed by atoms with van der Waals surface area (Å²) in [6.45, 7) is 8.49. The first kappa shape index (κ1) is 13.6. The molecule has 0 amide bonds. The van der Waals surface area contributed by atoms with Gasteiger partial charge in [0.25, 0.3) is 0 Å². The van der Waals surface area contributed by atoms with E-state index in [0.29, 0.717) is 5.92 Å². The van der Waals surface area contributed by atoms with Gasteiger partial charge in [0.1, 0.15) is 0 Å². The summed E-state index contributed by atoms with van der Waals surface area (Å²) in [6.07, 6.45) is 3.45. The van der Waals surface area contributed by atoms with Crippen LogP contribution in [0.15, 0.2) is 6.20 Å². The molecule has 0 saturated carbocycles. The summed E-state index contributed by atoms with van der Waals surface area (Å²) >= 11 is 0. The van der Waals surface area contributed by atoms with Gasteiger partial charge in [0, 0.05) is 43.3 Å². The Hall–Kier alpha value is -0.870. The number of ether oxygens (including phenoxy) is 1. The van der Waals surface area contributed by atoms with Gasteiger partial charge in [-0.15, -0.1) is 0 Å². The number of hydrogen-bond acceptors (Lipinski definition) is 3. The Morgan fingerprint density at radius 1 is 1.50 bits per heavy atom. The molecule has 1 N–H and O–H groups in total. The zero-order valence-corrected chi connectivity index (χ0v) is 12.2. The molecule has 2 heterocycles. The molecule has 1 saturated heterocycles. The first-order valence-corrected chi connectivity index (χ1v) is 6.73. The zero-order chi connectivity index (χ0) is 13.3. The average molecular weight is 251 g/mol. The lowest BCUT2D eigenvalue weighted by atomic mass is 9.85. The highest BCUT2D eigenvalue weighted by atomic mass is 16.5. The molecule has 0 aromatic carbocycles. The molecule has 2 atom stereocenters. The summed E-state index contributed by atoms with van der Waals surface area (Å²) in [5, 5.41) is 7.90. The van der Waals surface area contributed by atoms with Crippen LogP contribution in [-0.4, -0.2) is 30.0 Å². The third-order valence-electron chi connectivity index (χ3n) is 3.55. The second kappa shape index (κ2) is 5.02. The van der Waals surface area contributed by atoms with Crippen LogP contribution in [0.1, 0.15) is 44.6 Å². The summed E-state index contributed by atoms with van der Waals surface area (Å²) in [5.41, 5.74) is 2.49. The molecule has 1 fully saturated rings. The Balaban J connectivity index is 2.32. The molecule has 0 radical (unpaired) electrons. The van der Waals surface area contributed by atoms with Gasteiger partial charge >= 0.3 is 0 Å². The van der Waals surface area contributed by atoms with Gasteiger partial charge in [-0.1, -0.05) is 20.8 Å². The molecule has 4 heteroatoms. The van der Waals surface area contributed by atoms with Gasteiger partial charge in [-0.3, -0.25) is 4.68 Å². The van der Waals surface area contributed by atoms with E-state index < -0.39 is 0 Å². The molecular formula is C14H25N3O. The molecule has 1 aromatic rings. The van der Waals surface area contributed by atoms with E-state index in [-0.39, 0.29) is 11.5 Å². The maximum Gasteiger partial charge on any atom is 0.0899 e. The van der Waals surface area contributed by atoms with Crippen LogP contribution < -0.4 is 5.32 Å². The SMILES string of the molecule is CNCC1CCOC1c1cn(C)nc1C(C)(C)C. The smallest absolute Gasteiger partial charge is 0.0899 e. The van der Waals surface area contributed by atoms with Crippen molar-refractivity contribution in [2.45, 2.75) is 38.7 Å². The predicted octanol–water partition coefficient (Wildman–Crippen LogP) is 2.01. The normalized spacial score (nSPS) is 24.7. The van der Waals surface area contributed by atoms with Gasteiger partial charge in [-0.2, -0.15) is 5.10 Å². The van der Waals surface area contributed by atoms with Crippen molar-refractivity contribution < 1.29 is 4.74 Å². The molecule has 18 heavy (non-hydrogen) atoms. The van der Waals surface area contributed by atoms with Crippen molar-refractivity contribution in [3.05, 3.63) is 17.5 Å². The van der Waals surface area contributed by atoms with Crippen molar-refractivity contribution in [2.24, 2.45) is 13.0 Å². The Morgan fingerprint density at radius 3 is 2.83 bits per heavy atom. The van der Waals surface area contributed by atoms with Crippen LogP contribution in [-0.2, 0) is 17.2 Å². The Kier molecular flexibility index (Phi) is 3.78. The van der Waals surface area contributed by atoms with Crippen LogP contribution in [0.25, 0.3) is 0 Å².